The Morgan fingerprint density at radius 1 is 1.44 bits per heavy atom. The van der Waals surface area contributed by atoms with E-state index in [9.17, 15) is 4.20 Å². The predicted octanol–water partition coefficient (Wildman–Crippen LogP) is 1.23. The molecule has 0 spiro atoms. The maximum Gasteiger partial charge on any atom is 0.153 e. The molecule has 1 rings (SSSR count). The van der Waals surface area contributed by atoms with Gasteiger partial charge >= 0.3 is 0 Å². The summed E-state index contributed by atoms with van der Waals surface area (Å²) in [6.07, 6.45) is 0. The number of morpholine rings is 1. The second-order valence-corrected chi connectivity index (χ2v) is 3.47. The van der Waals surface area contributed by atoms with Crippen molar-refractivity contribution in [2.45, 2.75) is 0 Å². The van der Waals surface area contributed by atoms with Gasteiger partial charge in [0, 0.05) is 13.1 Å². The van der Waals surface area contributed by atoms with Gasteiger partial charge in [-0.25, -0.2) is 4.20 Å². The van der Waals surface area contributed by atoms with E-state index in [0.29, 0.717) is 13.2 Å². The van der Waals surface area contributed by atoms with Crippen molar-refractivity contribution in [1.29, 1.82) is 0 Å². The third kappa shape index (κ3) is 2.17. The molecule has 0 saturated carbocycles. The van der Waals surface area contributed by atoms with E-state index < -0.39 is 8.38 Å². The Labute approximate surface area is 55.9 Å². The Morgan fingerprint density at radius 2 is 2.00 bits per heavy atom. The van der Waals surface area contributed by atoms with Crippen LogP contribution in [0.2, 0.25) is 0 Å². The maximum atomic E-state index is 12.5. The van der Waals surface area contributed by atoms with Crippen LogP contribution in [0.15, 0.2) is 0 Å². The molecule has 1 unspecified atom stereocenters. The minimum atomic E-state index is -1.37. The lowest BCUT2D eigenvalue weighted by atomic mass is 10.5. The van der Waals surface area contributed by atoms with Gasteiger partial charge in [0.1, 0.15) is 0 Å². The van der Waals surface area contributed by atoms with Crippen molar-refractivity contribution in [3.8, 4) is 0 Å². The predicted molar refractivity (Wildman–Crippen MR) is 36.3 cm³/mol. The van der Waals surface area contributed by atoms with Crippen LogP contribution in [0, 0.1) is 0 Å². The van der Waals surface area contributed by atoms with Gasteiger partial charge in [-0.2, -0.15) is 0 Å². The van der Waals surface area contributed by atoms with E-state index in [1.54, 1.807) is 6.66 Å². The van der Waals surface area contributed by atoms with Crippen LogP contribution in [0.25, 0.3) is 0 Å². The molecule has 1 heterocycles. The van der Waals surface area contributed by atoms with Gasteiger partial charge in [0.2, 0.25) is 0 Å². The highest BCUT2D eigenvalue weighted by molar-refractivity contribution is 7.48. The average molecular weight is 151 g/mol. The molecular formula is C5H11FNOP. The van der Waals surface area contributed by atoms with E-state index in [2.05, 4.69) is 0 Å². The minimum absolute atomic E-state index is 0.691. The molecule has 0 amide bonds. The minimum Gasteiger partial charge on any atom is -0.379 e. The number of halogens is 1. The Bertz CT molecular complexity index is 85.0. The largest absolute Gasteiger partial charge is 0.379 e. The van der Waals surface area contributed by atoms with Gasteiger partial charge in [-0.15, -0.1) is 0 Å². The number of hydrogen-bond donors (Lipinski definition) is 0. The molecule has 4 heteroatoms. The molecule has 2 nitrogen and oxygen atoms in total. The Hall–Kier alpha value is 0.280. The quantitative estimate of drug-likeness (QED) is 0.522. The third-order valence-corrected chi connectivity index (χ3v) is 2.56. The van der Waals surface area contributed by atoms with Gasteiger partial charge < -0.3 is 4.74 Å². The van der Waals surface area contributed by atoms with Crippen molar-refractivity contribution in [3.05, 3.63) is 0 Å². The van der Waals surface area contributed by atoms with E-state index in [4.69, 9.17) is 4.74 Å². The van der Waals surface area contributed by atoms with Gasteiger partial charge in [-0.1, -0.05) is 0 Å². The zero-order valence-corrected chi connectivity index (χ0v) is 6.40. The number of nitrogens with zero attached hydrogens (tertiary/aromatic N) is 1. The standard InChI is InChI=1S/C5H11FNOP/c1-9(6)7-2-4-8-5-3-7/h2-5H2,1H3. The number of ether oxygens (including phenoxy) is 1. The zero-order valence-electron chi connectivity index (χ0n) is 5.51. The summed E-state index contributed by atoms with van der Waals surface area (Å²) in [5, 5.41) is 0. The highest BCUT2D eigenvalue weighted by atomic mass is 31.2. The van der Waals surface area contributed by atoms with E-state index in [0.717, 1.165) is 13.1 Å². The normalized spacial score (nSPS) is 26.0. The van der Waals surface area contributed by atoms with Crippen LogP contribution in [-0.4, -0.2) is 37.6 Å². The summed E-state index contributed by atoms with van der Waals surface area (Å²) < 4.78 is 19.4. The molecule has 9 heavy (non-hydrogen) atoms. The number of hydrogen-bond acceptors (Lipinski definition) is 2. The average Bonchev–Trinajstić information content (AvgIpc) is 1.90. The van der Waals surface area contributed by atoms with Crippen LogP contribution in [-0.2, 0) is 4.74 Å². The molecule has 1 fully saturated rings. The number of rotatable bonds is 1. The van der Waals surface area contributed by atoms with Crippen molar-refractivity contribution in [1.82, 2.24) is 4.67 Å². The molecule has 0 aromatic heterocycles. The maximum absolute atomic E-state index is 12.5. The topological polar surface area (TPSA) is 12.5 Å². The summed E-state index contributed by atoms with van der Waals surface area (Å²) in [6.45, 7) is 4.53. The molecule has 1 saturated heterocycles. The van der Waals surface area contributed by atoms with Gasteiger partial charge in [0.25, 0.3) is 0 Å². The first-order valence-corrected chi connectivity index (χ1v) is 4.66. The summed E-state index contributed by atoms with van der Waals surface area (Å²) >= 11 is 0. The molecule has 0 bridgehead atoms. The van der Waals surface area contributed by atoms with Crippen LogP contribution in [0.5, 0.6) is 0 Å². The summed E-state index contributed by atoms with van der Waals surface area (Å²) in [4.78, 5) is 0. The summed E-state index contributed by atoms with van der Waals surface area (Å²) in [7, 11) is -1.37. The van der Waals surface area contributed by atoms with Crippen LogP contribution in [0.4, 0.5) is 4.20 Å². The van der Waals surface area contributed by atoms with Crippen LogP contribution in [0.1, 0.15) is 0 Å². The lowest BCUT2D eigenvalue weighted by Gasteiger charge is -2.26. The molecule has 0 aromatic rings. The molecule has 0 aliphatic carbocycles. The summed E-state index contributed by atoms with van der Waals surface area (Å²) in [6, 6.07) is 0. The molecule has 1 aliphatic rings. The van der Waals surface area contributed by atoms with Crippen LogP contribution >= 0.6 is 8.38 Å². The molecule has 0 radical (unpaired) electrons. The summed E-state index contributed by atoms with van der Waals surface area (Å²) in [5.74, 6) is 0. The Morgan fingerprint density at radius 3 is 2.33 bits per heavy atom. The van der Waals surface area contributed by atoms with Crippen molar-refractivity contribution >= 4 is 8.38 Å². The lowest BCUT2D eigenvalue weighted by Crippen LogP contribution is -2.31. The first-order valence-electron chi connectivity index (χ1n) is 3.03. The van der Waals surface area contributed by atoms with Crippen molar-refractivity contribution < 1.29 is 8.93 Å². The van der Waals surface area contributed by atoms with Gasteiger partial charge in [0.05, 0.1) is 13.2 Å². The zero-order chi connectivity index (χ0) is 6.69. The van der Waals surface area contributed by atoms with E-state index >= 15 is 0 Å². The van der Waals surface area contributed by atoms with E-state index in [-0.39, 0.29) is 0 Å². The van der Waals surface area contributed by atoms with Gasteiger partial charge in [-0.3, -0.25) is 4.67 Å². The van der Waals surface area contributed by atoms with Crippen molar-refractivity contribution in [2.75, 3.05) is 33.0 Å². The molecular weight excluding hydrogens is 140 g/mol. The Kier molecular flexibility index (Phi) is 2.83. The van der Waals surface area contributed by atoms with Gasteiger partial charge in [-0.05, 0) is 6.66 Å². The second-order valence-electron chi connectivity index (χ2n) is 2.01. The smallest absolute Gasteiger partial charge is 0.153 e. The molecule has 0 N–H and O–H groups in total. The molecule has 54 valence electrons. The fraction of sp³-hybridized carbons (Fsp3) is 1.00. The Balaban J connectivity index is 2.23. The fourth-order valence-corrected chi connectivity index (χ4v) is 1.54. The van der Waals surface area contributed by atoms with Crippen molar-refractivity contribution in [2.24, 2.45) is 0 Å². The molecule has 1 aliphatic heterocycles. The second kappa shape index (κ2) is 3.45. The van der Waals surface area contributed by atoms with Crippen LogP contribution < -0.4 is 0 Å². The first-order chi connectivity index (χ1) is 4.30. The van der Waals surface area contributed by atoms with E-state index in [1.165, 1.54) is 0 Å². The van der Waals surface area contributed by atoms with Crippen molar-refractivity contribution in [3.63, 3.8) is 0 Å². The van der Waals surface area contributed by atoms with Crippen LogP contribution in [0.3, 0.4) is 0 Å². The molecule has 0 aromatic carbocycles. The summed E-state index contributed by atoms with van der Waals surface area (Å²) in [5.41, 5.74) is 0. The molecule has 1 atom stereocenters. The van der Waals surface area contributed by atoms with Gasteiger partial charge in [0.15, 0.2) is 8.38 Å². The highest BCUT2D eigenvalue weighted by Gasteiger charge is 2.15. The third-order valence-electron chi connectivity index (χ3n) is 1.38. The van der Waals surface area contributed by atoms with E-state index in [1.807, 2.05) is 4.67 Å². The fourth-order valence-electron chi connectivity index (χ4n) is 0.829. The highest BCUT2D eigenvalue weighted by Crippen LogP contribution is 2.37. The SMILES string of the molecule is CP(F)N1CCOCC1. The lowest BCUT2D eigenvalue weighted by molar-refractivity contribution is 0.0734. The first kappa shape index (κ1) is 7.39. The monoisotopic (exact) mass is 151 g/mol.